The number of unbranched alkanes of at least 4 members (excludes halogenated alkanes) is 12. The Kier molecular flexibility index (Phi) is 14.5. The van der Waals surface area contributed by atoms with Crippen LogP contribution in [0.4, 0.5) is 0 Å². The molecule has 0 radical (unpaired) electrons. The van der Waals surface area contributed by atoms with Crippen LogP contribution in [0.25, 0.3) is 87.6 Å². The Labute approximate surface area is 518 Å². The lowest BCUT2D eigenvalue weighted by atomic mass is 9.66. The average molecular weight is 1170 g/mol. The molecule has 452 valence electrons. The van der Waals surface area contributed by atoms with Crippen LogP contribution in [-0.2, 0) is 63.8 Å². The number of ether oxygens (including phenoxy) is 4. The lowest BCUT2D eigenvalue weighted by Crippen LogP contribution is -2.34. The predicted molar refractivity (Wildman–Crippen MR) is 352 cm³/mol. The third kappa shape index (κ3) is 8.48. The summed E-state index contributed by atoms with van der Waals surface area (Å²) >= 11 is 0. The molecule has 0 fully saturated rings. The molecule has 0 bridgehead atoms. The molecular weight excluding hydrogens is 1090 g/mol. The fourth-order valence-corrected chi connectivity index (χ4v) is 18.9. The molecule has 8 aromatic carbocycles. The molecule has 0 spiro atoms. The van der Waals surface area contributed by atoms with Crippen LogP contribution in [0.1, 0.15) is 273 Å². The standard InChI is InChI=1S/C80H84O8/c1-9-13-17-21-25-45-57-37-61-49-29-34-55-68-56-36-31-50(65(49)68)62(61)38-58(57)46(26-22-18-14-10-2)70-69(45)77(85-41(5)81)73-53-33-30-51-63-39-59-47(27-23-19-15-11-3)71-72(80(88-44(8)84)76(56)75(55)79(71)87-43(7)83)48(28-24-20-16-12-4)60(59)40-64(63)52-32-35-54(67(53)66(51)52)74(73)78(70)86-42(6)82/h29-40,73-80H,9-28H2,1-8H3. The fraction of sp³-hybridized carbons (Fsp3) is 0.450. The van der Waals surface area contributed by atoms with E-state index in [4.69, 9.17) is 18.9 Å². The van der Waals surface area contributed by atoms with Gasteiger partial charge in [-0.2, -0.15) is 0 Å². The largest absolute Gasteiger partial charge is 0.457 e. The second-order valence-electron chi connectivity index (χ2n) is 27.2. The van der Waals surface area contributed by atoms with Gasteiger partial charge in [-0.15, -0.1) is 0 Å². The van der Waals surface area contributed by atoms with Crippen molar-refractivity contribution in [3.8, 4) is 44.5 Å². The van der Waals surface area contributed by atoms with Crippen LogP contribution in [0, 0.1) is 0 Å². The summed E-state index contributed by atoms with van der Waals surface area (Å²) in [5, 5.41) is 9.45. The van der Waals surface area contributed by atoms with Crippen LogP contribution in [0.15, 0.2) is 72.8 Å². The van der Waals surface area contributed by atoms with Crippen LogP contribution in [0.2, 0.25) is 0 Å². The highest BCUT2D eigenvalue weighted by Crippen LogP contribution is 2.70. The third-order valence-corrected chi connectivity index (χ3v) is 22.1. The van der Waals surface area contributed by atoms with Gasteiger partial charge in [-0.3, -0.25) is 19.2 Å². The van der Waals surface area contributed by atoms with Crippen LogP contribution in [0.3, 0.4) is 0 Å². The molecule has 8 nitrogen and oxygen atoms in total. The number of rotatable bonds is 24. The number of carbonyl (C=O) groups excluding carboxylic acids is 4. The Hall–Kier alpha value is -7.32. The van der Waals surface area contributed by atoms with E-state index >= 15 is 0 Å². The summed E-state index contributed by atoms with van der Waals surface area (Å²) in [5.74, 6) is -2.61. The highest BCUT2D eigenvalue weighted by molar-refractivity contribution is 6.22. The smallest absolute Gasteiger partial charge is 0.303 e. The van der Waals surface area contributed by atoms with Crippen molar-refractivity contribution in [1.82, 2.24) is 0 Å². The average Bonchev–Trinajstić information content (AvgIpc) is 1.48. The lowest BCUT2D eigenvalue weighted by molar-refractivity contribution is -0.155. The second-order valence-corrected chi connectivity index (χ2v) is 27.2. The highest BCUT2D eigenvalue weighted by Gasteiger charge is 2.57. The van der Waals surface area contributed by atoms with E-state index in [1.807, 2.05) is 0 Å². The summed E-state index contributed by atoms with van der Waals surface area (Å²) in [6.07, 6.45) is 17.4. The van der Waals surface area contributed by atoms with Crippen molar-refractivity contribution in [3.63, 3.8) is 0 Å². The van der Waals surface area contributed by atoms with Gasteiger partial charge >= 0.3 is 23.9 Å². The van der Waals surface area contributed by atoms with E-state index in [9.17, 15) is 19.2 Å². The fourth-order valence-electron chi connectivity index (χ4n) is 18.9. The molecule has 8 unspecified atom stereocenters. The van der Waals surface area contributed by atoms with E-state index in [0.717, 1.165) is 195 Å². The van der Waals surface area contributed by atoms with Crippen molar-refractivity contribution >= 4 is 67.0 Å². The summed E-state index contributed by atoms with van der Waals surface area (Å²) in [6.45, 7) is 15.3. The first-order valence-corrected chi connectivity index (χ1v) is 34.1. The van der Waals surface area contributed by atoms with Gasteiger partial charge in [-0.25, -0.2) is 0 Å². The molecule has 8 aromatic rings. The third-order valence-electron chi connectivity index (χ3n) is 22.1. The molecule has 0 saturated heterocycles. The Balaban J connectivity index is 1.13. The SMILES string of the molecule is CCCCCCc1c2c3c(CCCCCC)c4cc5c(cc14)-c1ccc4c6c(ccc-5c16)C1C(OC(C)=O)c5c(c(CCCCCC)c6cc7c(cc6c5CCCCCC)-c5ccc6c8c(ccc-7c58)C(C2OC(C)=O)C6C3OC(C)=O)C(OC(C)=O)C41. The topological polar surface area (TPSA) is 105 Å². The van der Waals surface area contributed by atoms with Gasteiger partial charge in [-0.05, 0) is 208 Å². The highest BCUT2D eigenvalue weighted by atomic mass is 16.6. The molecule has 0 heterocycles. The van der Waals surface area contributed by atoms with Crippen LogP contribution in [0.5, 0.6) is 0 Å². The molecule has 6 aliphatic rings. The first kappa shape index (κ1) is 57.1. The normalized spacial score (nSPS) is 20.9. The van der Waals surface area contributed by atoms with Gasteiger partial charge in [0.25, 0.3) is 0 Å². The van der Waals surface area contributed by atoms with Crippen molar-refractivity contribution < 1.29 is 38.1 Å². The molecule has 8 atom stereocenters. The van der Waals surface area contributed by atoms with Gasteiger partial charge in [0.1, 0.15) is 24.4 Å². The molecule has 0 aliphatic heterocycles. The molecule has 0 saturated carbocycles. The zero-order valence-electron chi connectivity index (χ0n) is 53.0. The van der Waals surface area contributed by atoms with Crippen molar-refractivity contribution in [2.45, 2.75) is 232 Å². The molecule has 8 heteroatoms. The van der Waals surface area contributed by atoms with Gasteiger partial charge in [-0.1, -0.05) is 153 Å². The number of aryl methyl sites for hydroxylation is 4. The van der Waals surface area contributed by atoms with Gasteiger partial charge in [0.2, 0.25) is 0 Å². The van der Waals surface area contributed by atoms with E-state index in [0.29, 0.717) is 0 Å². The number of esters is 4. The minimum Gasteiger partial charge on any atom is -0.457 e. The van der Waals surface area contributed by atoms with Crippen LogP contribution < -0.4 is 0 Å². The molecule has 88 heavy (non-hydrogen) atoms. The van der Waals surface area contributed by atoms with E-state index < -0.39 is 24.4 Å². The second kappa shape index (κ2) is 22.3. The maximum atomic E-state index is 14.2. The first-order chi connectivity index (χ1) is 42.9. The minimum absolute atomic E-state index is 0.315. The van der Waals surface area contributed by atoms with E-state index in [1.54, 1.807) is 27.7 Å². The molecule has 0 N–H and O–H groups in total. The Morgan fingerprint density at radius 1 is 0.295 bits per heavy atom. The molecular formula is C80H84O8. The van der Waals surface area contributed by atoms with Crippen molar-refractivity contribution in [1.29, 1.82) is 0 Å². The summed E-state index contributed by atoms with van der Waals surface area (Å²) in [5.41, 5.74) is 22.8. The molecule has 0 aromatic heterocycles. The summed E-state index contributed by atoms with van der Waals surface area (Å²) < 4.78 is 28.2. The molecule has 6 aliphatic carbocycles. The van der Waals surface area contributed by atoms with Crippen LogP contribution >= 0.6 is 0 Å². The van der Waals surface area contributed by atoms with Gasteiger partial charge in [0.05, 0.1) is 0 Å². The van der Waals surface area contributed by atoms with E-state index in [1.165, 1.54) is 87.6 Å². The molecule has 14 rings (SSSR count). The number of fused-ring (bicyclic) bond motifs is 16. The zero-order chi connectivity index (χ0) is 60.5. The zero-order valence-corrected chi connectivity index (χ0v) is 53.0. The quantitative estimate of drug-likeness (QED) is 0.0335. The van der Waals surface area contributed by atoms with Crippen molar-refractivity contribution in [2.24, 2.45) is 0 Å². The Morgan fingerprint density at radius 3 is 0.727 bits per heavy atom. The minimum atomic E-state index is -0.643. The van der Waals surface area contributed by atoms with Crippen LogP contribution in [-0.4, -0.2) is 23.9 Å². The maximum absolute atomic E-state index is 14.2. The molecule has 0 amide bonds. The van der Waals surface area contributed by atoms with Crippen molar-refractivity contribution in [3.05, 3.63) is 140 Å². The number of benzene rings is 8. The summed E-state index contributed by atoms with van der Waals surface area (Å²) in [6, 6.07) is 28.6. The first-order valence-electron chi connectivity index (χ1n) is 34.1. The Morgan fingerprint density at radius 2 is 0.523 bits per heavy atom. The Bertz CT molecular complexity index is 3770. The summed E-state index contributed by atoms with van der Waals surface area (Å²) in [4.78, 5) is 56.8. The summed E-state index contributed by atoms with van der Waals surface area (Å²) in [7, 11) is 0. The number of carbonyl (C=O) groups is 4. The van der Waals surface area contributed by atoms with E-state index in [-0.39, 0.29) is 47.5 Å². The van der Waals surface area contributed by atoms with Gasteiger partial charge in [0, 0.05) is 73.6 Å². The van der Waals surface area contributed by atoms with Crippen molar-refractivity contribution in [2.75, 3.05) is 0 Å². The maximum Gasteiger partial charge on any atom is 0.303 e. The monoisotopic (exact) mass is 1170 g/mol. The lowest BCUT2D eigenvalue weighted by Gasteiger charge is -2.43. The van der Waals surface area contributed by atoms with Gasteiger partial charge < -0.3 is 18.9 Å². The predicted octanol–water partition coefficient (Wildman–Crippen LogP) is 20.6. The number of hydrogen-bond acceptors (Lipinski definition) is 8. The van der Waals surface area contributed by atoms with Gasteiger partial charge in [0.15, 0.2) is 0 Å². The number of hydrogen-bond donors (Lipinski definition) is 0. The van der Waals surface area contributed by atoms with E-state index in [2.05, 4.69) is 100 Å².